The lowest BCUT2D eigenvalue weighted by Gasteiger charge is -2.00. The fraction of sp³-hybridized carbons (Fsp3) is 0.615. The van der Waals surface area contributed by atoms with Gasteiger partial charge in [0, 0.05) is 11.3 Å². The number of aromatic nitrogens is 1. The van der Waals surface area contributed by atoms with E-state index >= 15 is 0 Å². The van der Waals surface area contributed by atoms with Crippen LogP contribution in [0.5, 0.6) is 0 Å². The van der Waals surface area contributed by atoms with Gasteiger partial charge in [0.2, 0.25) is 5.91 Å². The van der Waals surface area contributed by atoms with Crippen LogP contribution in [0.3, 0.4) is 0 Å². The van der Waals surface area contributed by atoms with Gasteiger partial charge in [0.05, 0.1) is 19.2 Å². The van der Waals surface area contributed by atoms with E-state index in [4.69, 9.17) is 0 Å². The molecule has 0 bridgehead atoms. The number of carbonyl (C=O) groups excluding carboxylic acids is 2. The minimum atomic E-state index is -0.370. The molecule has 0 atom stereocenters. The number of fused-ring (bicyclic) bond motifs is 1. The summed E-state index contributed by atoms with van der Waals surface area (Å²) < 4.78 is 4.50. The van der Waals surface area contributed by atoms with Gasteiger partial charge >= 0.3 is 5.97 Å². The van der Waals surface area contributed by atoms with E-state index in [1.165, 1.54) is 31.2 Å². The maximum absolute atomic E-state index is 11.7. The lowest BCUT2D eigenvalue weighted by Crippen LogP contribution is -2.13. The Bertz CT molecular complexity index is 447. The molecule has 0 saturated carbocycles. The second-order valence-corrected chi connectivity index (χ2v) is 5.66. The molecule has 0 aromatic carbocycles. The molecule has 1 heterocycles. The van der Waals surface area contributed by atoms with Crippen LogP contribution in [0.4, 0.5) is 5.13 Å². The van der Waals surface area contributed by atoms with Crippen molar-refractivity contribution >= 4 is 28.3 Å². The summed E-state index contributed by atoms with van der Waals surface area (Å²) >= 11 is 1.56. The number of rotatable bonds is 4. The summed E-state index contributed by atoms with van der Waals surface area (Å²) in [4.78, 5) is 28.4. The maximum atomic E-state index is 11.7. The number of carbonyl (C=O) groups is 2. The van der Waals surface area contributed by atoms with Gasteiger partial charge in [-0.3, -0.25) is 9.59 Å². The molecule has 104 valence electrons. The maximum Gasteiger partial charge on any atom is 0.306 e. The summed E-state index contributed by atoms with van der Waals surface area (Å²) in [6.07, 6.45) is 5.93. The van der Waals surface area contributed by atoms with Gasteiger partial charge in [-0.15, -0.1) is 11.3 Å². The number of nitrogens with zero attached hydrogens (tertiary/aromatic N) is 1. The van der Waals surface area contributed by atoms with Crippen LogP contribution < -0.4 is 5.32 Å². The van der Waals surface area contributed by atoms with Crippen LogP contribution in [0.1, 0.15) is 42.7 Å². The fourth-order valence-electron chi connectivity index (χ4n) is 2.08. The van der Waals surface area contributed by atoms with E-state index in [-0.39, 0.29) is 24.7 Å². The molecule has 5 nitrogen and oxygen atoms in total. The van der Waals surface area contributed by atoms with Gasteiger partial charge in [0.25, 0.3) is 0 Å². The molecule has 0 unspecified atom stereocenters. The molecule has 6 heteroatoms. The summed E-state index contributed by atoms with van der Waals surface area (Å²) in [5.41, 5.74) is 1.13. The van der Waals surface area contributed by atoms with Crippen LogP contribution in [0.15, 0.2) is 0 Å². The minimum Gasteiger partial charge on any atom is -0.469 e. The smallest absolute Gasteiger partial charge is 0.306 e. The van der Waals surface area contributed by atoms with E-state index in [9.17, 15) is 9.59 Å². The van der Waals surface area contributed by atoms with Crippen molar-refractivity contribution in [2.45, 2.75) is 44.9 Å². The molecule has 2 rings (SSSR count). The quantitative estimate of drug-likeness (QED) is 0.679. The van der Waals surface area contributed by atoms with E-state index < -0.39 is 0 Å². The van der Waals surface area contributed by atoms with E-state index in [0.29, 0.717) is 5.13 Å². The number of esters is 1. The number of anilines is 1. The van der Waals surface area contributed by atoms with Gasteiger partial charge in [0.1, 0.15) is 0 Å². The van der Waals surface area contributed by atoms with Crippen LogP contribution in [0, 0.1) is 0 Å². The summed E-state index contributed by atoms with van der Waals surface area (Å²) in [5.74, 6) is -0.556. The van der Waals surface area contributed by atoms with E-state index in [1.54, 1.807) is 11.3 Å². The third-order valence-electron chi connectivity index (χ3n) is 3.13. The first-order chi connectivity index (χ1) is 9.19. The zero-order valence-electron chi connectivity index (χ0n) is 11.0. The van der Waals surface area contributed by atoms with Gasteiger partial charge < -0.3 is 10.1 Å². The fourth-order valence-corrected chi connectivity index (χ4v) is 3.15. The number of thiazole rings is 1. The molecular formula is C13H18N2O3S. The van der Waals surface area contributed by atoms with Crippen molar-refractivity contribution in [1.82, 2.24) is 4.98 Å². The lowest BCUT2D eigenvalue weighted by atomic mass is 10.2. The van der Waals surface area contributed by atoms with Crippen molar-refractivity contribution in [3.8, 4) is 0 Å². The Labute approximate surface area is 116 Å². The Balaban J connectivity index is 1.89. The second kappa shape index (κ2) is 6.65. The molecule has 0 saturated heterocycles. The molecule has 1 aliphatic carbocycles. The van der Waals surface area contributed by atoms with Crippen LogP contribution in [-0.2, 0) is 27.2 Å². The average molecular weight is 282 g/mol. The Hall–Kier alpha value is -1.43. The van der Waals surface area contributed by atoms with Crippen molar-refractivity contribution < 1.29 is 14.3 Å². The number of hydrogen-bond donors (Lipinski definition) is 1. The number of amides is 1. The molecule has 1 aromatic rings. The normalized spacial score (nSPS) is 14.4. The highest BCUT2D eigenvalue weighted by molar-refractivity contribution is 7.15. The molecule has 0 spiro atoms. The SMILES string of the molecule is COC(=O)CCC(=O)Nc1nc2c(s1)CCCCC2. The molecule has 19 heavy (non-hydrogen) atoms. The van der Waals surface area contributed by atoms with Gasteiger partial charge in [-0.2, -0.15) is 0 Å². The Morgan fingerprint density at radius 2 is 2.05 bits per heavy atom. The third kappa shape index (κ3) is 4.02. The predicted octanol–water partition coefficient (Wildman–Crippen LogP) is 2.30. The Morgan fingerprint density at radius 3 is 2.84 bits per heavy atom. The second-order valence-electron chi connectivity index (χ2n) is 4.57. The highest BCUT2D eigenvalue weighted by atomic mass is 32.1. The molecule has 1 N–H and O–H groups in total. The number of nitrogens with one attached hydrogen (secondary N) is 1. The Morgan fingerprint density at radius 1 is 1.26 bits per heavy atom. The summed E-state index contributed by atoms with van der Waals surface area (Å²) in [6.45, 7) is 0. The largest absolute Gasteiger partial charge is 0.469 e. The number of aryl methyl sites for hydroxylation is 2. The average Bonchev–Trinajstić information content (AvgIpc) is 2.64. The van der Waals surface area contributed by atoms with Crippen LogP contribution in [0.2, 0.25) is 0 Å². The van der Waals surface area contributed by atoms with Crippen molar-refractivity contribution in [2.75, 3.05) is 12.4 Å². The third-order valence-corrected chi connectivity index (χ3v) is 4.20. The van der Waals surface area contributed by atoms with Gasteiger partial charge in [0.15, 0.2) is 5.13 Å². The summed E-state index contributed by atoms with van der Waals surface area (Å²) in [5, 5.41) is 3.41. The Kier molecular flexibility index (Phi) is 4.90. The number of ether oxygens (including phenoxy) is 1. The molecule has 1 aliphatic rings. The minimum absolute atomic E-state index is 0.105. The summed E-state index contributed by atoms with van der Waals surface area (Å²) in [6, 6.07) is 0. The zero-order valence-corrected chi connectivity index (χ0v) is 11.8. The van der Waals surface area contributed by atoms with E-state index in [2.05, 4.69) is 15.0 Å². The van der Waals surface area contributed by atoms with Crippen LogP contribution in [-0.4, -0.2) is 24.0 Å². The van der Waals surface area contributed by atoms with Crippen molar-refractivity contribution in [2.24, 2.45) is 0 Å². The van der Waals surface area contributed by atoms with Crippen molar-refractivity contribution in [3.05, 3.63) is 10.6 Å². The van der Waals surface area contributed by atoms with E-state index in [1.807, 2.05) is 0 Å². The molecule has 0 fully saturated rings. The lowest BCUT2D eigenvalue weighted by molar-refractivity contribution is -0.141. The monoisotopic (exact) mass is 282 g/mol. The van der Waals surface area contributed by atoms with Gasteiger partial charge in [-0.1, -0.05) is 6.42 Å². The van der Waals surface area contributed by atoms with Crippen LogP contribution in [0.25, 0.3) is 0 Å². The number of methoxy groups -OCH3 is 1. The first kappa shape index (κ1) is 14.0. The van der Waals surface area contributed by atoms with Gasteiger partial charge in [-0.05, 0) is 25.7 Å². The highest BCUT2D eigenvalue weighted by Crippen LogP contribution is 2.28. The standard InChI is InChI=1S/C13H18N2O3S/c1-18-12(17)8-7-11(16)15-13-14-9-5-3-2-4-6-10(9)19-13/h2-8H2,1H3,(H,14,15,16). The topological polar surface area (TPSA) is 68.3 Å². The first-order valence-corrected chi connectivity index (χ1v) is 7.36. The van der Waals surface area contributed by atoms with E-state index in [0.717, 1.165) is 18.5 Å². The van der Waals surface area contributed by atoms with Crippen molar-refractivity contribution in [1.29, 1.82) is 0 Å². The molecular weight excluding hydrogens is 264 g/mol. The van der Waals surface area contributed by atoms with Crippen molar-refractivity contribution in [3.63, 3.8) is 0 Å². The molecule has 0 radical (unpaired) electrons. The molecule has 1 aromatic heterocycles. The summed E-state index contributed by atoms with van der Waals surface area (Å²) in [7, 11) is 1.32. The molecule has 1 amide bonds. The number of hydrogen-bond acceptors (Lipinski definition) is 5. The van der Waals surface area contributed by atoms with Crippen LogP contribution >= 0.6 is 11.3 Å². The predicted molar refractivity (Wildman–Crippen MR) is 73.3 cm³/mol. The first-order valence-electron chi connectivity index (χ1n) is 6.54. The zero-order chi connectivity index (χ0) is 13.7. The highest BCUT2D eigenvalue weighted by Gasteiger charge is 2.15. The van der Waals surface area contributed by atoms with Gasteiger partial charge in [-0.25, -0.2) is 4.98 Å². The molecule has 0 aliphatic heterocycles.